The van der Waals surface area contributed by atoms with E-state index in [0.717, 1.165) is 0 Å². The van der Waals surface area contributed by atoms with Gasteiger partial charge in [0.15, 0.2) is 5.88 Å². The van der Waals surface area contributed by atoms with Gasteiger partial charge in [-0.3, -0.25) is 0 Å². The molecule has 0 spiro atoms. The van der Waals surface area contributed by atoms with Crippen molar-refractivity contribution >= 4 is 11.8 Å². The Bertz CT molecular complexity index is 284. The van der Waals surface area contributed by atoms with E-state index in [0.29, 0.717) is 18.0 Å². The predicted octanol–water partition coefficient (Wildman–Crippen LogP) is 1.17. The molecule has 1 aromatic heterocycles. The summed E-state index contributed by atoms with van der Waals surface area (Å²) in [4.78, 5) is 0. The highest BCUT2D eigenvalue weighted by Gasteiger charge is 2.06. The summed E-state index contributed by atoms with van der Waals surface area (Å²) in [6.45, 7) is 2.63. The van der Waals surface area contributed by atoms with Gasteiger partial charge in [0.1, 0.15) is 11.6 Å². The lowest BCUT2D eigenvalue weighted by Crippen LogP contribution is -1.95. The van der Waals surface area contributed by atoms with Gasteiger partial charge in [-0.1, -0.05) is 0 Å². The fourth-order valence-electron chi connectivity index (χ4n) is 0.785. The number of hydrogen-bond donors (Lipinski definition) is 2. The number of nitrogen functional groups attached to an aromatic ring is 1. The largest absolute Gasteiger partial charge is 0.424 e. The molecule has 1 heterocycles. The van der Waals surface area contributed by atoms with Crippen LogP contribution in [-0.4, -0.2) is 6.54 Å². The predicted molar refractivity (Wildman–Crippen MR) is 42.0 cm³/mol. The van der Waals surface area contributed by atoms with Gasteiger partial charge >= 0.3 is 0 Å². The summed E-state index contributed by atoms with van der Waals surface area (Å²) in [5.74, 6) is 0.713. The molecule has 0 bridgehead atoms. The topological polar surface area (TPSA) is 75.0 Å². The maximum Gasteiger partial charge on any atom is 0.213 e. The van der Waals surface area contributed by atoms with Gasteiger partial charge in [-0.05, 0) is 6.92 Å². The van der Waals surface area contributed by atoms with E-state index in [1.165, 1.54) is 6.07 Å². The van der Waals surface area contributed by atoms with Crippen LogP contribution < -0.4 is 11.1 Å². The highest BCUT2D eigenvalue weighted by molar-refractivity contribution is 5.55. The molecule has 0 fully saturated rings. The van der Waals surface area contributed by atoms with Crippen LogP contribution >= 0.6 is 0 Å². The molecule has 0 atom stereocenters. The van der Waals surface area contributed by atoms with Crippen LogP contribution in [0.4, 0.5) is 11.8 Å². The van der Waals surface area contributed by atoms with Crippen LogP contribution in [0, 0.1) is 11.3 Å². The first-order chi connectivity index (χ1) is 5.27. The zero-order valence-electron chi connectivity index (χ0n) is 6.22. The lowest BCUT2D eigenvalue weighted by Gasteiger charge is -1.95. The average molecular weight is 151 g/mol. The van der Waals surface area contributed by atoms with E-state index in [-0.39, 0.29) is 5.88 Å². The van der Waals surface area contributed by atoms with Crippen LogP contribution in [0.25, 0.3) is 0 Å². The lowest BCUT2D eigenvalue weighted by atomic mass is 10.3. The molecule has 0 amide bonds. The van der Waals surface area contributed by atoms with Crippen molar-refractivity contribution in [3.8, 4) is 6.07 Å². The third-order valence-corrected chi connectivity index (χ3v) is 1.21. The second-order valence-electron chi connectivity index (χ2n) is 2.03. The zero-order chi connectivity index (χ0) is 8.27. The highest BCUT2D eigenvalue weighted by atomic mass is 16.4. The molecule has 0 aliphatic rings. The summed E-state index contributed by atoms with van der Waals surface area (Å²) in [6, 6.07) is 3.46. The Hall–Kier alpha value is -1.63. The van der Waals surface area contributed by atoms with E-state index in [1.807, 2.05) is 13.0 Å². The average Bonchev–Trinajstić information content (AvgIpc) is 2.32. The minimum Gasteiger partial charge on any atom is -0.424 e. The molecule has 0 unspecified atom stereocenters. The molecule has 0 aliphatic carbocycles. The molecule has 1 aromatic rings. The third-order valence-electron chi connectivity index (χ3n) is 1.21. The standard InChI is InChI=1S/C7H9N3O/c1-2-10-7-5(4-8)3-6(9)11-7/h3,10H,2,9H2,1H3. The van der Waals surface area contributed by atoms with Crippen molar-refractivity contribution in [1.29, 1.82) is 5.26 Å². The Morgan fingerprint density at radius 2 is 2.55 bits per heavy atom. The zero-order valence-corrected chi connectivity index (χ0v) is 6.22. The van der Waals surface area contributed by atoms with Crippen molar-refractivity contribution in [2.45, 2.75) is 6.92 Å². The number of hydrogen-bond acceptors (Lipinski definition) is 4. The van der Waals surface area contributed by atoms with Crippen LogP contribution in [0.5, 0.6) is 0 Å². The van der Waals surface area contributed by atoms with Gasteiger partial charge in [0.05, 0.1) is 0 Å². The maximum atomic E-state index is 8.55. The van der Waals surface area contributed by atoms with Crippen molar-refractivity contribution < 1.29 is 4.42 Å². The third kappa shape index (κ3) is 1.44. The van der Waals surface area contributed by atoms with Crippen LogP contribution in [0.1, 0.15) is 12.5 Å². The Balaban J connectivity index is 2.95. The van der Waals surface area contributed by atoms with E-state index in [1.54, 1.807) is 0 Å². The number of furan rings is 1. The molecule has 1 rings (SSSR count). The van der Waals surface area contributed by atoms with Crippen molar-refractivity contribution in [1.82, 2.24) is 0 Å². The fraction of sp³-hybridized carbons (Fsp3) is 0.286. The van der Waals surface area contributed by atoms with Gasteiger partial charge in [-0.15, -0.1) is 0 Å². The van der Waals surface area contributed by atoms with Crippen LogP contribution in [-0.2, 0) is 0 Å². The van der Waals surface area contributed by atoms with Crippen LogP contribution in [0.15, 0.2) is 10.5 Å². The molecule has 0 radical (unpaired) electrons. The fourth-order valence-corrected chi connectivity index (χ4v) is 0.785. The summed E-state index contributed by atoms with van der Waals surface area (Å²) < 4.78 is 4.99. The van der Waals surface area contributed by atoms with Gasteiger partial charge in [0.25, 0.3) is 0 Å². The number of nitrogens with two attached hydrogens (primary N) is 1. The van der Waals surface area contributed by atoms with Crippen molar-refractivity contribution in [3.63, 3.8) is 0 Å². The molecule has 58 valence electrons. The number of nitrogens with zero attached hydrogens (tertiary/aromatic N) is 1. The SMILES string of the molecule is CCNc1oc(N)cc1C#N. The van der Waals surface area contributed by atoms with E-state index in [9.17, 15) is 0 Å². The van der Waals surface area contributed by atoms with Gasteiger partial charge in [0.2, 0.25) is 5.88 Å². The molecule has 11 heavy (non-hydrogen) atoms. The van der Waals surface area contributed by atoms with Gasteiger partial charge in [-0.25, -0.2) is 0 Å². The molecule has 3 N–H and O–H groups in total. The summed E-state index contributed by atoms with van der Waals surface area (Å²) in [5, 5.41) is 11.4. The number of anilines is 2. The Kier molecular flexibility index (Phi) is 2.02. The van der Waals surface area contributed by atoms with Gasteiger partial charge < -0.3 is 15.5 Å². The molecular formula is C7H9N3O. The number of nitrogens with one attached hydrogen (secondary N) is 1. The summed E-state index contributed by atoms with van der Waals surface area (Å²) in [7, 11) is 0. The first kappa shape index (κ1) is 7.48. The molecule has 0 saturated heterocycles. The Labute approximate surface area is 64.6 Å². The minimum absolute atomic E-state index is 0.262. The number of rotatable bonds is 2. The molecule has 0 aromatic carbocycles. The van der Waals surface area contributed by atoms with Crippen molar-refractivity contribution in [3.05, 3.63) is 11.6 Å². The van der Waals surface area contributed by atoms with Gasteiger partial charge in [-0.2, -0.15) is 5.26 Å². The smallest absolute Gasteiger partial charge is 0.213 e. The first-order valence-corrected chi connectivity index (χ1v) is 3.31. The normalized spacial score (nSPS) is 9.09. The molecule has 0 aliphatic heterocycles. The van der Waals surface area contributed by atoms with E-state index in [2.05, 4.69) is 5.32 Å². The second-order valence-corrected chi connectivity index (χ2v) is 2.03. The van der Waals surface area contributed by atoms with Gasteiger partial charge in [0, 0.05) is 12.6 Å². The minimum atomic E-state index is 0.262. The maximum absolute atomic E-state index is 8.55. The summed E-state index contributed by atoms with van der Waals surface area (Å²) in [6.07, 6.45) is 0. The van der Waals surface area contributed by atoms with E-state index < -0.39 is 0 Å². The second kappa shape index (κ2) is 2.97. The molecular weight excluding hydrogens is 142 g/mol. The van der Waals surface area contributed by atoms with Crippen molar-refractivity contribution in [2.75, 3.05) is 17.6 Å². The quantitative estimate of drug-likeness (QED) is 0.665. The molecule has 4 nitrogen and oxygen atoms in total. The monoisotopic (exact) mass is 151 g/mol. The molecule has 0 saturated carbocycles. The number of nitriles is 1. The first-order valence-electron chi connectivity index (χ1n) is 3.31. The lowest BCUT2D eigenvalue weighted by molar-refractivity contribution is 0.599. The molecule has 4 heteroatoms. The Morgan fingerprint density at radius 1 is 1.82 bits per heavy atom. The van der Waals surface area contributed by atoms with E-state index >= 15 is 0 Å². The summed E-state index contributed by atoms with van der Waals surface area (Å²) >= 11 is 0. The van der Waals surface area contributed by atoms with Crippen LogP contribution in [0.2, 0.25) is 0 Å². The van der Waals surface area contributed by atoms with E-state index in [4.69, 9.17) is 15.4 Å². The Morgan fingerprint density at radius 3 is 3.09 bits per heavy atom. The highest BCUT2D eigenvalue weighted by Crippen LogP contribution is 2.20. The summed E-state index contributed by atoms with van der Waals surface area (Å²) in [5.41, 5.74) is 5.78. The van der Waals surface area contributed by atoms with Crippen molar-refractivity contribution in [2.24, 2.45) is 0 Å². The van der Waals surface area contributed by atoms with Crippen LogP contribution in [0.3, 0.4) is 0 Å².